The molecule has 0 bridgehead atoms. The van der Waals surface area contributed by atoms with Crippen molar-refractivity contribution in [1.82, 2.24) is 9.88 Å². The first-order valence-corrected chi connectivity index (χ1v) is 6.68. The zero-order chi connectivity index (χ0) is 17.6. The molecule has 2 heterocycles. The standard InChI is InChI=1S/C15H11N3O6/c1-24-15(23)6-3-2-4-8(11(6)20)18-9(19)5-7-10(12(18)16)14(22)17-13(7)21/h2-5,20H,16H2,1H3,(H,17,21,22). The molecule has 1 aromatic heterocycles. The third kappa shape index (κ3) is 2.02. The summed E-state index contributed by atoms with van der Waals surface area (Å²) in [7, 11) is 1.14. The first kappa shape index (κ1) is 15.3. The maximum atomic E-state index is 12.3. The van der Waals surface area contributed by atoms with E-state index in [1.807, 2.05) is 5.32 Å². The molecular weight excluding hydrogens is 318 g/mol. The van der Waals surface area contributed by atoms with Gasteiger partial charge in [0.15, 0.2) is 5.75 Å². The monoisotopic (exact) mass is 329 g/mol. The third-order valence-corrected chi connectivity index (χ3v) is 3.61. The summed E-state index contributed by atoms with van der Waals surface area (Å²) in [6, 6.07) is 4.98. The summed E-state index contributed by atoms with van der Waals surface area (Å²) in [6.07, 6.45) is 0. The van der Waals surface area contributed by atoms with Crippen molar-refractivity contribution in [2.45, 2.75) is 0 Å². The van der Waals surface area contributed by atoms with Crippen LogP contribution in [-0.4, -0.2) is 34.6 Å². The Balaban J connectivity index is 2.32. The summed E-state index contributed by atoms with van der Waals surface area (Å²) in [5, 5.41) is 12.3. The maximum Gasteiger partial charge on any atom is 0.341 e. The Kier molecular flexibility index (Phi) is 3.33. The number of nitrogens with two attached hydrogens (primary N) is 1. The van der Waals surface area contributed by atoms with Crippen molar-refractivity contribution in [2.75, 3.05) is 12.8 Å². The summed E-state index contributed by atoms with van der Waals surface area (Å²) in [6.45, 7) is 0. The first-order valence-electron chi connectivity index (χ1n) is 6.68. The van der Waals surface area contributed by atoms with Gasteiger partial charge >= 0.3 is 5.97 Å². The molecule has 1 aliphatic rings. The first-order chi connectivity index (χ1) is 11.4. The highest BCUT2D eigenvalue weighted by atomic mass is 16.5. The Morgan fingerprint density at radius 2 is 1.96 bits per heavy atom. The molecule has 0 saturated carbocycles. The van der Waals surface area contributed by atoms with Crippen LogP contribution in [0.25, 0.3) is 5.69 Å². The fourth-order valence-corrected chi connectivity index (χ4v) is 2.51. The van der Waals surface area contributed by atoms with E-state index in [2.05, 4.69) is 4.74 Å². The minimum Gasteiger partial charge on any atom is -0.505 e. The number of phenols is 1. The number of carbonyl (C=O) groups excluding carboxylic acids is 3. The van der Waals surface area contributed by atoms with Crippen LogP contribution in [0.2, 0.25) is 0 Å². The number of esters is 1. The maximum absolute atomic E-state index is 12.3. The van der Waals surface area contributed by atoms with Crippen LogP contribution in [0.5, 0.6) is 5.75 Å². The van der Waals surface area contributed by atoms with E-state index >= 15 is 0 Å². The number of fused-ring (bicyclic) bond motifs is 1. The molecular formula is C15H11N3O6. The molecule has 0 saturated heterocycles. The molecule has 1 aliphatic heterocycles. The van der Waals surface area contributed by atoms with Gasteiger partial charge in [-0.3, -0.25) is 24.3 Å². The molecule has 0 spiro atoms. The average molecular weight is 329 g/mol. The molecule has 4 N–H and O–H groups in total. The summed E-state index contributed by atoms with van der Waals surface area (Å²) in [5.41, 5.74) is 4.53. The number of nitrogen functional groups attached to an aromatic ring is 1. The van der Waals surface area contributed by atoms with Gasteiger partial charge in [-0.2, -0.15) is 0 Å². The molecule has 3 rings (SSSR count). The lowest BCUT2D eigenvalue weighted by Gasteiger charge is -2.14. The molecule has 9 heteroatoms. The van der Waals surface area contributed by atoms with Crippen molar-refractivity contribution in [3.63, 3.8) is 0 Å². The van der Waals surface area contributed by atoms with Crippen LogP contribution in [0.15, 0.2) is 29.1 Å². The lowest BCUT2D eigenvalue weighted by molar-refractivity contribution is 0.0597. The number of amides is 2. The topological polar surface area (TPSA) is 141 Å². The Labute approximate surface area is 134 Å². The number of ether oxygens (including phenoxy) is 1. The zero-order valence-electron chi connectivity index (χ0n) is 12.3. The number of imide groups is 1. The molecule has 0 atom stereocenters. The summed E-state index contributed by atoms with van der Waals surface area (Å²) in [5.74, 6) is -3.14. The number of carbonyl (C=O) groups is 3. The number of benzene rings is 1. The number of hydrogen-bond donors (Lipinski definition) is 3. The number of rotatable bonds is 2. The normalized spacial score (nSPS) is 12.7. The van der Waals surface area contributed by atoms with Crippen molar-refractivity contribution in [2.24, 2.45) is 0 Å². The molecule has 0 aliphatic carbocycles. The van der Waals surface area contributed by atoms with Crippen molar-refractivity contribution >= 4 is 23.6 Å². The van der Waals surface area contributed by atoms with Crippen LogP contribution in [-0.2, 0) is 4.74 Å². The van der Waals surface area contributed by atoms with Crippen LogP contribution in [0.1, 0.15) is 31.1 Å². The molecule has 2 amide bonds. The lowest BCUT2D eigenvalue weighted by Crippen LogP contribution is -2.24. The van der Waals surface area contributed by atoms with E-state index in [0.29, 0.717) is 0 Å². The smallest absolute Gasteiger partial charge is 0.341 e. The number of hydrogen-bond acceptors (Lipinski definition) is 7. The van der Waals surface area contributed by atoms with Gasteiger partial charge < -0.3 is 15.6 Å². The number of pyridine rings is 1. The number of nitrogens with one attached hydrogen (secondary N) is 1. The summed E-state index contributed by atoms with van der Waals surface area (Å²) < 4.78 is 5.39. The lowest BCUT2D eigenvalue weighted by atomic mass is 10.1. The number of nitrogens with zero attached hydrogens (tertiary/aromatic N) is 1. The number of anilines is 1. The minimum absolute atomic E-state index is 0.115. The Bertz CT molecular complexity index is 976. The highest BCUT2D eigenvalue weighted by Crippen LogP contribution is 2.30. The van der Waals surface area contributed by atoms with Gasteiger partial charge in [0.2, 0.25) is 0 Å². The average Bonchev–Trinajstić information content (AvgIpc) is 2.82. The molecule has 2 aromatic rings. The van der Waals surface area contributed by atoms with Gasteiger partial charge in [-0.25, -0.2) is 4.79 Å². The molecule has 24 heavy (non-hydrogen) atoms. The van der Waals surface area contributed by atoms with Gasteiger partial charge in [0.05, 0.1) is 23.9 Å². The van der Waals surface area contributed by atoms with E-state index in [4.69, 9.17) is 5.73 Å². The summed E-state index contributed by atoms with van der Waals surface area (Å²) >= 11 is 0. The highest BCUT2D eigenvalue weighted by molar-refractivity contribution is 6.23. The SMILES string of the molecule is COC(=O)c1cccc(-n2c(N)c3c(cc2=O)C(=O)NC3=O)c1O. The van der Waals surface area contributed by atoms with E-state index in [0.717, 1.165) is 17.7 Å². The Morgan fingerprint density at radius 1 is 1.25 bits per heavy atom. The van der Waals surface area contributed by atoms with E-state index < -0.39 is 29.1 Å². The molecule has 1 aromatic carbocycles. The van der Waals surface area contributed by atoms with Crippen molar-refractivity contribution in [1.29, 1.82) is 0 Å². The molecule has 0 radical (unpaired) electrons. The van der Waals surface area contributed by atoms with Crippen molar-refractivity contribution in [3.05, 3.63) is 51.3 Å². The van der Waals surface area contributed by atoms with Crippen LogP contribution in [0, 0.1) is 0 Å². The van der Waals surface area contributed by atoms with Gasteiger partial charge in [-0.1, -0.05) is 6.07 Å². The Morgan fingerprint density at radius 3 is 2.62 bits per heavy atom. The van der Waals surface area contributed by atoms with Crippen LogP contribution >= 0.6 is 0 Å². The van der Waals surface area contributed by atoms with Crippen LogP contribution in [0.4, 0.5) is 5.82 Å². The number of aromatic nitrogens is 1. The third-order valence-electron chi connectivity index (χ3n) is 3.61. The quantitative estimate of drug-likeness (QED) is 0.511. The number of para-hydroxylation sites is 1. The van der Waals surface area contributed by atoms with E-state index in [-0.39, 0.29) is 28.2 Å². The molecule has 9 nitrogen and oxygen atoms in total. The fourth-order valence-electron chi connectivity index (χ4n) is 2.51. The predicted octanol–water partition coefficient (Wildman–Crippen LogP) is -0.204. The van der Waals surface area contributed by atoms with Gasteiger partial charge in [-0.05, 0) is 12.1 Å². The minimum atomic E-state index is -0.810. The van der Waals surface area contributed by atoms with Crippen LogP contribution in [0.3, 0.4) is 0 Å². The molecule has 0 unspecified atom stereocenters. The predicted molar refractivity (Wildman–Crippen MR) is 81.3 cm³/mol. The van der Waals surface area contributed by atoms with Gasteiger partial charge in [0.25, 0.3) is 17.4 Å². The second kappa shape index (κ2) is 5.23. The van der Waals surface area contributed by atoms with Crippen molar-refractivity contribution < 1.29 is 24.2 Å². The molecule has 0 fully saturated rings. The highest BCUT2D eigenvalue weighted by Gasteiger charge is 2.32. The second-order valence-electron chi connectivity index (χ2n) is 4.94. The second-order valence-corrected chi connectivity index (χ2v) is 4.94. The summed E-state index contributed by atoms with van der Waals surface area (Å²) in [4.78, 5) is 47.4. The molecule has 122 valence electrons. The zero-order valence-corrected chi connectivity index (χ0v) is 12.3. The fraction of sp³-hybridized carbons (Fsp3) is 0.0667. The number of aromatic hydroxyl groups is 1. The largest absolute Gasteiger partial charge is 0.505 e. The number of methoxy groups -OCH3 is 1. The van der Waals surface area contributed by atoms with E-state index in [1.54, 1.807) is 0 Å². The van der Waals surface area contributed by atoms with Crippen molar-refractivity contribution in [3.8, 4) is 11.4 Å². The van der Waals surface area contributed by atoms with Gasteiger partial charge in [-0.15, -0.1) is 0 Å². The van der Waals surface area contributed by atoms with E-state index in [9.17, 15) is 24.3 Å². The number of phenolic OH excluding ortho intramolecular Hbond substituents is 1. The van der Waals surface area contributed by atoms with Gasteiger partial charge in [0, 0.05) is 6.07 Å². The van der Waals surface area contributed by atoms with E-state index in [1.165, 1.54) is 18.2 Å². The van der Waals surface area contributed by atoms with Crippen LogP contribution < -0.4 is 16.6 Å². The van der Waals surface area contributed by atoms with Gasteiger partial charge in [0.1, 0.15) is 11.4 Å². The Hall–Kier alpha value is -3.62.